The highest BCUT2D eigenvalue weighted by molar-refractivity contribution is 7.89. The lowest BCUT2D eigenvalue weighted by atomic mass is 10.1. The highest BCUT2D eigenvalue weighted by Crippen LogP contribution is 2.25. The van der Waals surface area contributed by atoms with Crippen LogP contribution >= 0.6 is 11.3 Å². The quantitative estimate of drug-likeness (QED) is 0.404. The van der Waals surface area contributed by atoms with Crippen LogP contribution in [0.4, 0.5) is 11.4 Å². The number of anilines is 1. The van der Waals surface area contributed by atoms with E-state index in [-0.39, 0.29) is 22.7 Å². The molecule has 30 heavy (non-hydrogen) atoms. The Balaban J connectivity index is 1.67. The molecule has 0 saturated carbocycles. The van der Waals surface area contributed by atoms with E-state index in [1.807, 2.05) is 17.5 Å². The van der Waals surface area contributed by atoms with Crippen LogP contribution in [0.25, 0.3) is 0 Å². The molecule has 156 valence electrons. The van der Waals surface area contributed by atoms with E-state index in [0.717, 1.165) is 4.88 Å². The first-order chi connectivity index (χ1) is 14.3. The number of nitro benzene ring substituents is 1. The smallest absolute Gasteiger partial charge is 0.274 e. The molecular weight excluding hydrogens is 426 g/mol. The van der Waals surface area contributed by atoms with Crippen LogP contribution in [0.3, 0.4) is 0 Å². The number of amides is 1. The largest absolute Gasteiger partial charge is 0.321 e. The fourth-order valence-electron chi connectivity index (χ4n) is 2.78. The molecule has 2 N–H and O–H groups in total. The second kappa shape index (κ2) is 9.16. The summed E-state index contributed by atoms with van der Waals surface area (Å²) < 4.78 is 27.4. The van der Waals surface area contributed by atoms with Gasteiger partial charge in [-0.2, -0.15) is 0 Å². The number of sulfonamides is 1. The van der Waals surface area contributed by atoms with Crippen LogP contribution in [0.2, 0.25) is 0 Å². The zero-order chi connectivity index (χ0) is 21.7. The van der Waals surface area contributed by atoms with E-state index in [4.69, 9.17) is 0 Å². The van der Waals surface area contributed by atoms with E-state index in [2.05, 4.69) is 10.0 Å². The predicted molar refractivity (Wildman–Crippen MR) is 115 cm³/mol. The summed E-state index contributed by atoms with van der Waals surface area (Å²) >= 11 is 1.56. The van der Waals surface area contributed by atoms with Crippen molar-refractivity contribution in [3.63, 3.8) is 0 Å². The minimum Gasteiger partial charge on any atom is -0.321 e. The van der Waals surface area contributed by atoms with Crippen molar-refractivity contribution < 1.29 is 18.1 Å². The average Bonchev–Trinajstić information content (AvgIpc) is 3.23. The lowest BCUT2D eigenvalue weighted by Crippen LogP contribution is -2.26. The monoisotopic (exact) mass is 445 g/mol. The predicted octanol–water partition coefficient (Wildman–Crippen LogP) is 3.74. The minimum absolute atomic E-state index is 0.0526. The van der Waals surface area contributed by atoms with Gasteiger partial charge in [-0.15, -0.1) is 11.3 Å². The summed E-state index contributed by atoms with van der Waals surface area (Å²) in [5, 5.41) is 15.6. The van der Waals surface area contributed by atoms with Gasteiger partial charge in [0.1, 0.15) is 0 Å². The number of nitrogens with zero attached hydrogens (tertiary/aromatic N) is 1. The van der Waals surface area contributed by atoms with Gasteiger partial charge in [0.25, 0.3) is 11.6 Å². The Kier molecular flexibility index (Phi) is 6.60. The van der Waals surface area contributed by atoms with Crippen molar-refractivity contribution in [1.82, 2.24) is 4.72 Å². The highest BCUT2D eigenvalue weighted by Gasteiger charge is 2.17. The standard InChI is InChI=1S/C20H19N3O5S2/c1-14-18(5-2-6-19(14)23(25)26)22-20(24)15-7-9-17(10-8-15)30(27,28)21-12-11-16-4-3-13-29-16/h2-10,13,21H,11-12H2,1H3,(H,22,24). The molecule has 2 aromatic carbocycles. The number of thiophene rings is 1. The third kappa shape index (κ3) is 5.09. The second-order valence-corrected chi connectivity index (χ2v) is 9.21. The van der Waals surface area contributed by atoms with Crippen molar-refractivity contribution in [2.24, 2.45) is 0 Å². The average molecular weight is 446 g/mol. The lowest BCUT2D eigenvalue weighted by Gasteiger charge is -2.10. The molecule has 0 aliphatic carbocycles. The number of hydrogen-bond donors (Lipinski definition) is 2. The Morgan fingerprint density at radius 2 is 1.83 bits per heavy atom. The topological polar surface area (TPSA) is 118 Å². The Morgan fingerprint density at radius 1 is 1.10 bits per heavy atom. The van der Waals surface area contributed by atoms with E-state index < -0.39 is 20.9 Å². The molecular formula is C20H19N3O5S2. The van der Waals surface area contributed by atoms with Gasteiger partial charge < -0.3 is 5.32 Å². The van der Waals surface area contributed by atoms with Crippen molar-refractivity contribution in [2.75, 3.05) is 11.9 Å². The number of benzene rings is 2. The number of rotatable bonds is 8. The summed E-state index contributed by atoms with van der Waals surface area (Å²) in [7, 11) is -3.69. The van der Waals surface area contributed by atoms with E-state index >= 15 is 0 Å². The normalized spacial score (nSPS) is 11.2. The Labute approximate surface area is 177 Å². The number of carbonyl (C=O) groups excluding carboxylic acids is 1. The molecule has 8 nitrogen and oxygen atoms in total. The van der Waals surface area contributed by atoms with E-state index in [1.54, 1.807) is 24.3 Å². The first-order valence-electron chi connectivity index (χ1n) is 8.95. The van der Waals surface area contributed by atoms with Crippen LogP contribution < -0.4 is 10.0 Å². The lowest BCUT2D eigenvalue weighted by molar-refractivity contribution is -0.385. The zero-order valence-corrected chi connectivity index (χ0v) is 17.6. The number of hydrogen-bond acceptors (Lipinski definition) is 6. The van der Waals surface area contributed by atoms with Crippen molar-refractivity contribution in [2.45, 2.75) is 18.2 Å². The molecule has 1 amide bonds. The molecule has 10 heteroatoms. The summed E-state index contributed by atoms with van der Waals surface area (Å²) in [5.74, 6) is -0.492. The number of carbonyl (C=O) groups is 1. The fourth-order valence-corrected chi connectivity index (χ4v) is 4.52. The third-order valence-electron chi connectivity index (χ3n) is 4.42. The van der Waals surface area contributed by atoms with Crippen LogP contribution in [0.15, 0.2) is 64.9 Å². The minimum atomic E-state index is -3.69. The number of nitrogens with one attached hydrogen (secondary N) is 2. The van der Waals surface area contributed by atoms with Gasteiger partial charge in [0.2, 0.25) is 10.0 Å². The highest BCUT2D eigenvalue weighted by atomic mass is 32.2. The van der Waals surface area contributed by atoms with Gasteiger partial charge in [0.05, 0.1) is 21.1 Å². The molecule has 3 aromatic rings. The van der Waals surface area contributed by atoms with Gasteiger partial charge >= 0.3 is 0 Å². The van der Waals surface area contributed by atoms with Gasteiger partial charge in [0, 0.05) is 23.1 Å². The van der Waals surface area contributed by atoms with E-state index in [1.165, 1.54) is 36.4 Å². The maximum Gasteiger partial charge on any atom is 0.274 e. The van der Waals surface area contributed by atoms with Crippen LogP contribution in [0.1, 0.15) is 20.8 Å². The van der Waals surface area contributed by atoms with Gasteiger partial charge in [-0.3, -0.25) is 14.9 Å². The zero-order valence-electron chi connectivity index (χ0n) is 16.0. The second-order valence-electron chi connectivity index (χ2n) is 6.41. The van der Waals surface area contributed by atoms with Gasteiger partial charge in [0.15, 0.2) is 0 Å². The molecule has 0 aliphatic rings. The Morgan fingerprint density at radius 3 is 2.47 bits per heavy atom. The molecule has 0 spiro atoms. The molecule has 0 atom stereocenters. The van der Waals surface area contributed by atoms with Gasteiger partial charge in [-0.05, 0) is 55.1 Å². The summed E-state index contributed by atoms with van der Waals surface area (Å²) in [5.41, 5.74) is 0.799. The fraction of sp³-hybridized carbons (Fsp3) is 0.150. The summed E-state index contributed by atoms with van der Waals surface area (Å²) in [6.45, 7) is 1.82. The Bertz CT molecular complexity index is 1160. The first-order valence-corrected chi connectivity index (χ1v) is 11.3. The third-order valence-corrected chi connectivity index (χ3v) is 6.83. The number of nitro groups is 1. The van der Waals surface area contributed by atoms with Crippen molar-refractivity contribution in [1.29, 1.82) is 0 Å². The van der Waals surface area contributed by atoms with E-state index in [9.17, 15) is 23.3 Å². The maximum atomic E-state index is 12.5. The van der Waals surface area contributed by atoms with Crippen molar-refractivity contribution >= 4 is 38.6 Å². The Hall–Kier alpha value is -3.08. The molecule has 3 rings (SSSR count). The first kappa shape index (κ1) is 21.6. The van der Waals surface area contributed by atoms with E-state index in [0.29, 0.717) is 17.7 Å². The van der Waals surface area contributed by atoms with Gasteiger partial charge in [-0.25, -0.2) is 13.1 Å². The van der Waals surface area contributed by atoms with Crippen LogP contribution in [0.5, 0.6) is 0 Å². The molecule has 1 heterocycles. The van der Waals surface area contributed by atoms with Crippen molar-refractivity contribution in [3.05, 3.63) is 86.1 Å². The molecule has 0 unspecified atom stereocenters. The molecule has 0 aliphatic heterocycles. The summed E-state index contributed by atoms with van der Waals surface area (Å²) in [4.78, 5) is 24.1. The molecule has 0 bridgehead atoms. The van der Waals surface area contributed by atoms with Crippen LogP contribution in [0, 0.1) is 17.0 Å². The summed E-state index contributed by atoms with van der Waals surface area (Å²) in [6, 6.07) is 13.8. The molecule has 0 saturated heterocycles. The molecule has 0 fully saturated rings. The maximum absolute atomic E-state index is 12.5. The molecule has 1 aromatic heterocycles. The van der Waals surface area contributed by atoms with Crippen LogP contribution in [-0.4, -0.2) is 25.8 Å². The van der Waals surface area contributed by atoms with Crippen molar-refractivity contribution in [3.8, 4) is 0 Å². The summed E-state index contributed by atoms with van der Waals surface area (Å²) in [6.07, 6.45) is 0.597. The van der Waals surface area contributed by atoms with Crippen LogP contribution in [-0.2, 0) is 16.4 Å². The van der Waals surface area contributed by atoms with Gasteiger partial charge in [-0.1, -0.05) is 12.1 Å². The SMILES string of the molecule is Cc1c(NC(=O)c2ccc(S(=O)(=O)NCCc3cccs3)cc2)cccc1[N+](=O)[O-]. The molecule has 0 radical (unpaired) electrons.